The maximum absolute atomic E-state index is 4.48. The summed E-state index contributed by atoms with van der Waals surface area (Å²) < 4.78 is 0. The Morgan fingerprint density at radius 1 is 0.880 bits per heavy atom. The summed E-state index contributed by atoms with van der Waals surface area (Å²) in [6.45, 7) is 2.73. The summed E-state index contributed by atoms with van der Waals surface area (Å²) in [5.41, 5.74) is 6.32. The van der Waals surface area contributed by atoms with Gasteiger partial charge in [0.25, 0.3) is 0 Å². The molecule has 4 aromatic rings. The van der Waals surface area contributed by atoms with Gasteiger partial charge in [0, 0.05) is 41.9 Å². The number of pyridine rings is 3. The number of aromatic nitrogens is 3. The van der Waals surface area contributed by atoms with Gasteiger partial charge in [0.05, 0.1) is 0 Å². The third-order valence-electron chi connectivity index (χ3n) is 4.17. The molecule has 3 heterocycles. The van der Waals surface area contributed by atoms with Crippen molar-refractivity contribution in [3.05, 3.63) is 84.4 Å². The van der Waals surface area contributed by atoms with E-state index in [1.54, 1.807) is 12.4 Å². The molecule has 0 atom stereocenters. The van der Waals surface area contributed by atoms with Crippen molar-refractivity contribution in [1.82, 2.24) is 15.0 Å². The van der Waals surface area contributed by atoms with Crippen LogP contribution in [0.5, 0.6) is 0 Å². The molecular weight excluding hydrogens is 308 g/mol. The van der Waals surface area contributed by atoms with Gasteiger partial charge in [-0.1, -0.05) is 30.3 Å². The molecule has 0 aliphatic rings. The minimum absolute atomic E-state index is 0.750. The maximum atomic E-state index is 4.48. The Morgan fingerprint density at radius 2 is 1.76 bits per heavy atom. The fraction of sp³-hybridized carbons (Fsp3) is 0.0952. The Bertz CT molecular complexity index is 995. The summed E-state index contributed by atoms with van der Waals surface area (Å²) >= 11 is 0. The summed E-state index contributed by atoms with van der Waals surface area (Å²) in [4.78, 5) is 13.0. The summed E-state index contributed by atoms with van der Waals surface area (Å²) in [7, 11) is 0. The Hall–Kier alpha value is -3.27. The minimum atomic E-state index is 0.750. The van der Waals surface area contributed by atoms with Gasteiger partial charge < -0.3 is 5.32 Å². The molecule has 3 aromatic heterocycles. The first-order valence-electron chi connectivity index (χ1n) is 8.25. The van der Waals surface area contributed by atoms with Crippen LogP contribution in [0.25, 0.3) is 22.2 Å². The molecule has 25 heavy (non-hydrogen) atoms. The first-order valence-corrected chi connectivity index (χ1v) is 8.25. The van der Waals surface area contributed by atoms with Crippen molar-refractivity contribution in [2.24, 2.45) is 0 Å². The zero-order valence-corrected chi connectivity index (χ0v) is 14.0. The monoisotopic (exact) mass is 326 g/mol. The maximum Gasteiger partial charge on any atom is 0.161 e. The average Bonchev–Trinajstić information content (AvgIpc) is 2.67. The molecule has 0 saturated carbocycles. The van der Waals surface area contributed by atoms with Crippen molar-refractivity contribution in [3.63, 3.8) is 0 Å². The van der Waals surface area contributed by atoms with Gasteiger partial charge in [0.1, 0.15) is 0 Å². The van der Waals surface area contributed by atoms with Crippen LogP contribution in [-0.4, -0.2) is 15.0 Å². The number of hydrogen-bond donors (Lipinski definition) is 1. The number of rotatable bonds is 4. The van der Waals surface area contributed by atoms with Gasteiger partial charge in [-0.3, -0.25) is 4.98 Å². The molecule has 122 valence electrons. The number of aryl methyl sites for hydroxylation is 1. The molecule has 0 bridgehead atoms. The molecule has 0 unspecified atom stereocenters. The van der Waals surface area contributed by atoms with Gasteiger partial charge in [0.15, 0.2) is 5.65 Å². The van der Waals surface area contributed by atoms with Crippen LogP contribution in [0.1, 0.15) is 11.3 Å². The molecule has 0 amide bonds. The molecule has 0 aliphatic carbocycles. The van der Waals surface area contributed by atoms with Gasteiger partial charge in [0.2, 0.25) is 0 Å². The molecule has 1 N–H and O–H groups in total. The van der Waals surface area contributed by atoms with Crippen LogP contribution in [0.4, 0.5) is 5.69 Å². The molecule has 0 saturated heterocycles. The zero-order chi connectivity index (χ0) is 17.1. The lowest BCUT2D eigenvalue weighted by molar-refractivity contribution is 1.14. The molecule has 0 radical (unpaired) electrons. The van der Waals surface area contributed by atoms with E-state index in [1.165, 1.54) is 11.1 Å². The van der Waals surface area contributed by atoms with E-state index in [2.05, 4.69) is 56.7 Å². The van der Waals surface area contributed by atoms with E-state index in [-0.39, 0.29) is 0 Å². The number of anilines is 1. The highest BCUT2D eigenvalue weighted by molar-refractivity contribution is 5.88. The van der Waals surface area contributed by atoms with Gasteiger partial charge in [-0.2, -0.15) is 0 Å². The fourth-order valence-electron chi connectivity index (χ4n) is 2.82. The number of nitrogens with one attached hydrogen (secondary N) is 1. The van der Waals surface area contributed by atoms with Crippen molar-refractivity contribution in [2.45, 2.75) is 13.5 Å². The van der Waals surface area contributed by atoms with Crippen molar-refractivity contribution in [1.29, 1.82) is 0 Å². The Morgan fingerprint density at radius 3 is 2.56 bits per heavy atom. The number of nitrogens with zero attached hydrogens (tertiary/aromatic N) is 3. The highest BCUT2D eigenvalue weighted by Crippen LogP contribution is 2.22. The summed E-state index contributed by atoms with van der Waals surface area (Å²) in [6.07, 6.45) is 5.46. The van der Waals surface area contributed by atoms with E-state index < -0.39 is 0 Å². The van der Waals surface area contributed by atoms with Crippen LogP contribution in [-0.2, 0) is 6.54 Å². The van der Waals surface area contributed by atoms with Gasteiger partial charge in [-0.05, 0) is 47.9 Å². The lowest BCUT2D eigenvalue weighted by Gasteiger charge is -2.10. The summed E-state index contributed by atoms with van der Waals surface area (Å²) in [5.74, 6) is 0. The normalized spacial score (nSPS) is 10.8. The third-order valence-corrected chi connectivity index (χ3v) is 4.17. The van der Waals surface area contributed by atoms with Crippen LogP contribution >= 0.6 is 0 Å². The molecule has 0 aliphatic heterocycles. The molecule has 0 fully saturated rings. The summed E-state index contributed by atoms with van der Waals surface area (Å²) in [6, 6.07) is 18.6. The van der Waals surface area contributed by atoms with Gasteiger partial charge in [-0.15, -0.1) is 0 Å². The topological polar surface area (TPSA) is 50.7 Å². The van der Waals surface area contributed by atoms with Gasteiger partial charge >= 0.3 is 0 Å². The number of benzene rings is 1. The predicted molar refractivity (Wildman–Crippen MR) is 101 cm³/mol. The number of fused-ring (bicyclic) bond motifs is 1. The number of hydrogen-bond acceptors (Lipinski definition) is 4. The van der Waals surface area contributed by atoms with Crippen LogP contribution in [0.2, 0.25) is 0 Å². The molecule has 1 aromatic carbocycles. The molecule has 4 nitrogen and oxygen atoms in total. The average molecular weight is 326 g/mol. The lowest BCUT2D eigenvalue weighted by Crippen LogP contribution is -2.01. The highest BCUT2D eigenvalue weighted by atomic mass is 14.9. The Kier molecular flexibility index (Phi) is 4.09. The second-order valence-corrected chi connectivity index (χ2v) is 5.97. The van der Waals surface area contributed by atoms with E-state index in [1.807, 2.05) is 31.3 Å². The standard InChI is InChI=1S/C21H18N4/c1-15-4-9-19-20(10-12-23-21(19)25-15)24-13-16-5-7-17(8-6-16)18-3-2-11-22-14-18/h2-12,14H,13H2,1H3,(H,23,24,25). The van der Waals surface area contributed by atoms with Crippen molar-refractivity contribution < 1.29 is 0 Å². The van der Waals surface area contributed by atoms with Crippen LogP contribution in [0.15, 0.2) is 73.2 Å². The second-order valence-electron chi connectivity index (χ2n) is 5.97. The van der Waals surface area contributed by atoms with Gasteiger partial charge in [-0.25, -0.2) is 9.97 Å². The Balaban J connectivity index is 1.52. The van der Waals surface area contributed by atoms with E-state index in [9.17, 15) is 0 Å². The van der Waals surface area contributed by atoms with E-state index >= 15 is 0 Å². The van der Waals surface area contributed by atoms with Crippen LogP contribution in [0, 0.1) is 6.92 Å². The predicted octanol–water partition coefficient (Wildman–Crippen LogP) is 4.61. The second kappa shape index (κ2) is 6.69. The quantitative estimate of drug-likeness (QED) is 0.595. The third kappa shape index (κ3) is 3.33. The van der Waals surface area contributed by atoms with Crippen molar-refractivity contribution in [2.75, 3.05) is 5.32 Å². The SMILES string of the molecule is Cc1ccc2c(NCc3ccc(-c4cccnc4)cc3)ccnc2n1. The smallest absolute Gasteiger partial charge is 0.161 e. The Labute approximate surface area is 146 Å². The van der Waals surface area contributed by atoms with E-state index in [0.717, 1.165) is 34.5 Å². The molecule has 4 rings (SSSR count). The van der Waals surface area contributed by atoms with Crippen LogP contribution < -0.4 is 5.32 Å². The first-order chi connectivity index (χ1) is 12.3. The minimum Gasteiger partial charge on any atom is -0.380 e. The largest absolute Gasteiger partial charge is 0.380 e. The molecular formula is C21H18N4. The fourth-order valence-corrected chi connectivity index (χ4v) is 2.82. The lowest BCUT2D eigenvalue weighted by atomic mass is 10.1. The zero-order valence-electron chi connectivity index (χ0n) is 14.0. The van der Waals surface area contributed by atoms with Crippen molar-refractivity contribution >= 4 is 16.7 Å². The molecule has 4 heteroatoms. The molecule has 0 spiro atoms. The van der Waals surface area contributed by atoms with E-state index in [4.69, 9.17) is 0 Å². The van der Waals surface area contributed by atoms with Crippen molar-refractivity contribution in [3.8, 4) is 11.1 Å². The summed E-state index contributed by atoms with van der Waals surface area (Å²) in [5, 5.41) is 4.53. The first kappa shape index (κ1) is 15.3. The van der Waals surface area contributed by atoms with Crippen LogP contribution in [0.3, 0.4) is 0 Å². The highest BCUT2D eigenvalue weighted by Gasteiger charge is 2.04. The van der Waals surface area contributed by atoms with E-state index in [0.29, 0.717) is 0 Å².